The van der Waals surface area contributed by atoms with Gasteiger partial charge in [-0.05, 0) is 54.8 Å². The van der Waals surface area contributed by atoms with Gasteiger partial charge in [0.25, 0.3) is 0 Å². The summed E-state index contributed by atoms with van der Waals surface area (Å²) in [6, 6.07) is 0. The van der Waals surface area contributed by atoms with Crippen molar-refractivity contribution >= 4 is 0 Å². The molecule has 4 spiro atoms. The number of hydrogen-bond acceptors (Lipinski definition) is 0. The first kappa shape index (κ1) is 5.47. The minimum Gasteiger partial charge on any atom is -0.0992 e. The minimum absolute atomic E-state index is 0.763. The van der Waals surface area contributed by atoms with E-state index in [1.54, 1.807) is 37.7 Å². The predicted octanol–water partition coefficient (Wildman–Crippen LogP) is 2.90. The number of fused-ring (bicyclic) bond motifs is 3. The van der Waals surface area contributed by atoms with Crippen molar-refractivity contribution in [3.05, 3.63) is 12.2 Å². The SMILES string of the molecule is C=C1CC12CC21CC12CC21CC1. The van der Waals surface area contributed by atoms with E-state index in [9.17, 15) is 0 Å². The van der Waals surface area contributed by atoms with E-state index in [0.29, 0.717) is 0 Å². The first-order valence-corrected chi connectivity index (χ1v) is 5.39. The van der Waals surface area contributed by atoms with Crippen LogP contribution in [0.15, 0.2) is 12.2 Å². The van der Waals surface area contributed by atoms with E-state index in [-0.39, 0.29) is 0 Å². The van der Waals surface area contributed by atoms with Gasteiger partial charge in [0.05, 0.1) is 0 Å². The summed E-state index contributed by atoms with van der Waals surface area (Å²) in [5.41, 5.74) is 5.13. The van der Waals surface area contributed by atoms with E-state index in [1.165, 1.54) is 6.42 Å². The molecular weight excluding hydrogens is 144 g/mol. The monoisotopic (exact) mass is 158 g/mol. The first-order valence-electron chi connectivity index (χ1n) is 5.39. The summed E-state index contributed by atoms with van der Waals surface area (Å²) in [5, 5.41) is 0. The molecule has 5 aliphatic carbocycles. The van der Waals surface area contributed by atoms with Gasteiger partial charge >= 0.3 is 0 Å². The molecule has 0 N–H and O–H groups in total. The van der Waals surface area contributed by atoms with Crippen LogP contribution >= 0.6 is 0 Å². The maximum atomic E-state index is 4.18. The van der Waals surface area contributed by atoms with Crippen LogP contribution < -0.4 is 0 Å². The lowest BCUT2D eigenvalue weighted by atomic mass is 10.1. The molecule has 3 atom stereocenters. The normalized spacial score (nSPS) is 71.2. The second-order valence-electron chi connectivity index (χ2n) is 6.34. The number of hydrogen-bond donors (Lipinski definition) is 0. The van der Waals surface area contributed by atoms with Gasteiger partial charge in [0.1, 0.15) is 0 Å². The Morgan fingerprint density at radius 2 is 1.75 bits per heavy atom. The smallest absolute Gasteiger partial charge is 0.00150 e. The molecule has 0 saturated heterocycles. The third-order valence-electron chi connectivity index (χ3n) is 6.24. The molecule has 3 unspecified atom stereocenters. The molecule has 5 saturated carbocycles. The minimum atomic E-state index is 0.763. The molecule has 0 nitrogen and oxygen atoms in total. The molecule has 0 radical (unpaired) electrons. The molecule has 0 heteroatoms. The zero-order chi connectivity index (χ0) is 7.82. The molecule has 62 valence electrons. The highest BCUT2D eigenvalue weighted by molar-refractivity contribution is 5.58. The van der Waals surface area contributed by atoms with Gasteiger partial charge in [0, 0.05) is 5.41 Å². The molecule has 0 amide bonds. The molecule has 0 aromatic rings. The lowest BCUT2D eigenvalue weighted by molar-refractivity contribution is 0.577. The molecule has 0 heterocycles. The molecule has 5 fully saturated rings. The predicted molar refractivity (Wildman–Crippen MR) is 46.6 cm³/mol. The first-order chi connectivity index (χ1) is 5.71. The molecular formula is C12H14. The van der Waals surface area contributed by atoms with Crippen molar-refractivity contribution in [2.45, 2.75) is 38.5 Å². The van der Waals surface area contributed by atoms with Crippen LogP contribution in [-0.2, 0) is 0 Å². The summed E-state index contributed by atoms with van der Waals surface area (Å²) in [6.07, 6.45) is 9.36. The van der Waals surface area contributed by atoms with Gasteiger partial charge < -0.3 is 0 Å². The van der Waals surface area contributed by atoms with E-state index in [1.807, 2.05) is 0 Å². The molecule has 0 aromatic carbocycles. The zero-order valence-corrected chi connectivity index (χ0v) is 7.45. The van der Waals surface area contributed by atoms with Crippen molar-refractivity contribution in [1.29, 1.82) is 0 Å². The summed E-state index contributed by atoms with van der Waals surface area (Å²) in [6.45, 7) is 4.18. The van der Waals surface area contributed by atoms with Crippen LogP contribution in [0.25, 0.3) is 0 Å². The standard InChI is InChI=1S/C12H14/c1-8-4-10(8)6-12(10)7-11(12)5-9(11)2-3-9/h1-7H2. The maximum Gasteiger partial charge on any atom is 0.00150 e. The van der Waals surface area contributed by atoms with E-state index in [0.717, 1.165) is 21.7 Å². The quantitative estimate of drug-likeness (QED) is 0.475. The van der Waals surface area contributed by atoms with E-state index >= 15 is 0 Å². The Kier molecular flexibility index (Phi) is 0.433. The Balaban J connectivity index is 1.63. The van der Waals surface area contributed by atoms with Crippen molar-refractivity contribution in [3.63, 3.8) is 0 Å². The van der Waals surface area contributed by atoms with Gasteiger partial charge in [-0.3, -0.25) is 0 Å². The number of allylic oxidation sites excluding steroid dienone is 1. The van der Waals surface area contributed by atoms with Crippen LogP contribution in [0, 0.1) is 21.7 Å². The van der Waals surface area contributed by atoms with Gasteiger partial charge in [-0.2, -0.15) is 0 Å². The highest BCUT2D eigenvalue weighted by Crippen LogP contribution is 3.09. The Bertz CT molecular complexity index is 362. The van der Waals surface area contributed by atoms with Gasteiger partial charge in [0.15, 0.2) is 0 Å². The molecule has 12 heavy (non-hydrogen) atoms. The van der Waals surface area contributed by atoms with Crippen LogP contribution in [0.1, 0.15) is 38.5 Å². The van der Waals surface area contributed by atoms with Crippen LogP contribution in [0.2, 0.25) is 0 Å². The van der Waals surface area contributed by atoms with Crippen molar-refractivity contribution in [2.24, 2.45) is 21.7 Å². The average Bonchev–Trinajstić information content (AvgIpc) is 2.81. The molecule has 5 rings (SSSR count). The summed E-state index contributed by atoms with van der Waals surface area (Å²) in [4.78, 5) is 0. The highest BCUT2D eigenvalue weighted by Gasteiger charge is 3.02. The van der Waals surface area contributed by atoms with Crippen LogP contribution in [0.4, 0.5) is 0 Å². The maximum absolute atomic E-state index is 4.18. The number of rotatable bonds is 0. The summed E-state index contributed by atoms with van der Waals surface area (Å²) in [5.74, 6) is 0. The summed E-state index contributed by atoms with van der Waals surface area (Å²) in [7, 11) is 0. The fourth-order valence-corrected chi connectivity index (χ4v) is 5.08. The fourth-order valence-electron chi connectivity index (χ4n) is 5.08. The van der Waals surface area contributed by atoms with Crippen LogP contribution in [0.5, 0.6) is 0 Å². The Hall–Kier alpha value is -0.260. The van der Waals surface area contributed by atoms with Gasteiger partial charge in [-0.15, -0.1) is 0 Å². The van der Waals surface area contributed by atoms with E-state index in [4.69, 9.17) is 0 Å². The van der Waals surface area contributed by atoms with Crippen molar-refractivity contribution in [2.75, 3.05) is 0 Å². The Labute approximate surface area is 73.0 Å². The van der Waals surface area contributed by atoms with Crippen LogP contribution in [-0.4, -0.2) is 0 Å². The molecule has 0 bridgehead atoms. The van der Waals surface area contributed by atoms with Gasteiger partial charge in [-0.1, -0.05) is 12.2 Å². The van der Waals surface area contributed by atoms with E-state index < -0.39 is 0 Å². The van der Waals surface area contributed by atoms with Gasteiger partial charge in [0.2, 0.25) is 0 Å². The lowest BCUT2D eigenvalue weighted by Crippen LogP contribution is -1.86. The van der Waals surface area contributed by atoms with Gasteiger partial charge in [-0.25, -0.2) is 0 Å². The molecule has 5 aliphatic rings. The molecule has 0 aliphatic heterocycles. The van der Waals surface area contributed by atoms with E-state index in [2.05, 4.69) is 6.58 Å². The second kappa shape index (κ2) is 0.951. The van der Waals surface area contributed by atoms with Crippen molar-refractivity contribution < 1.29 is 0 Å². The lowest BCUT2D eigenvalue weighted by Gasteiger charge is -1.89. The summed E-state index contributed by atoms with van der Waals surface area (Å²) < 4.78 is 0. The highest BCUT2D eigenvalue weighted by atomic mass is 15.0. The van der Waals surface area contributed by atoms with Crippen molar-refractivity contribution in [3.8, 4) is 0 Å². The Morgan fingerprint density at radius 1 is 1.00 bits per heavy atom. The topological polar surface area (TPSA) is 0 Å². The third kappa shape index (κ3) is 0.267. The molecule has 0 aromatic heterocycles. The zero-order valence-electron chi connectivity index (χ0n) is 7.45. The largest absolute Gasteiger partial charge is 0.0992 e. The Morgan fingerprint density at radius 3 is 2.17 bits per heavy atom. The van der Waals surface area contributed by atoms with Crippen molar-refractivity contribution in [1.82, 2.24) is 0 Å². The second-order valence-corrected chi connectivity index (χ2v) is 6.34. The fraction of sp³-hybridized carbons (Fsp3) is 0.833. The summed E-state index contributed by atoms with van der Waals surface area (Å²) >= 11 is 0. The van der Waals surface area contributed by atoms with Crippen LogP contribution in [0.3, 0.4) is 0 Å². The average molecular weight is 158 g/mol. The third-order valence-corrected chi connectivity index (χ3v) is 6.24.